The predicted molar refractivity (Wildman–Crippen MR) is 84.2 cm³/mol. The Hall–Kier alpha value is -1.73. The molecule has 1 N–H and O–H groups in total. The number of hydrogen-bond donors (Lipinski definition) is 1. The lowest BCUT2D eigenvalue weighted by Crippen LogP contribution is -2.12. The number of nitrogens with zero attached hydrogens (tertiary/aromatic N) is 2. The van der Waals surface area contributed by atoms with Crippen LogP contribution in [-0.2, 0) is 11.2 Å². The van der Waals surface area contributed by atoms with Gasteiger partial charge in [0, 0.05) is 12.2 Å². The van der Waals surface area contributed by atoms with Crippen molar-refractivity contribution >= 4 is 34.1 Å². The normalized spacial score (nSPS) is 10.3. The number of anilines is 1. The van der Waals surface area contributed by atoms with Crippen molar-refractivity contribution in [3.8, 4) is 0 Å². The Labute approximate surface area is 130 Å². The first kappa shape index (κ1) is 15.7. The van der Waals surface area contributed by atoms with Crippen LogP contribution >= 0.6 is 23.1 Å². The van der Waals surface area contributed by atoms with Crippen LogP contribution in [0.15, 0.2) is 41.3 Å². The number of amides is 1. The van der Waals surface area contributed by atoms with Gasteiger partial charge in [-0.1, -0.05) is 41.3 Å². The molecule has 1 aromatic carbocycles. The predicted octanol–water partition coefficient (Wildman–Crippen LogP) is 3.53. The zero-order chi connectivity index (χ0) is 15.1. The highest BCUT2D eigenvalue weighted by molar-refractivity contribution is 8.01. The number of benzene rings is 1. The SMILES string of the molecule is C=CCSc1nnc(NC(=O)CCc2ccc(F)cc2)s1. The maximum Gasteiger partial charge on any atom is 0.226 e. The van der Waals surface area contributed by atoms with Crippen LogP contribution in [0.25, 0.3) is 0 Å². The molecular formula is C14H14FN3OS2. The minimum Gasteiger partial charge on any atom is -0.300 e. The van der Waals surface area contributed by atoms with E-state index in [1.54, 1.807) is 18.2 Å². The molecule has 110 valence electrons. The quantitative estimate of drug-likeness (QED) is 0.481. The summed E-state index contributed by atoms with van der Waals surface area (Å²) >= 11 is 2.86. The van der Waals surface area contributed by atoms with Crippen molar-refractivity contribution in [2.75, 3.05) is 11.1 Å². The lowest BCUT2D eigenvalue weighted by Gasteiger charge is -2.01. The Morgan fingerprint density at radius 3 is 2.86 bits per heavy atom. The van der Waals surface area contributed by atoms with E-state index in [1.807, 2.05) is 0 Å². The highest BCUT2D eigenvalue weighted by Crippen LogP contribution is 2.25. The van der Waals surface area contributed by atoms with E-state index in [1.165, 1.54) is 35.2 Å². The minimum absolute atomic E-state index is 0.129. The maximum absolute atomic E-state index is 12.8. The third-order valence-corrected chi connectivity index (χ3v) is 4.50. The molecule has 0 unspecified atom stereocenters. The van der Waals surface area contributed by atoms with E-state index in [0.717, 1.165) is 15.7 Å². The molecule has 1 heterocycles. The van der Waals surface area contributed by atoms with Crippen LogP contribution in [0.2, 0.25) is 0 Å². The van der Waals surface area contributed by atoms with Gasteiger partial charge in [0.2, 0.25) is 11.0 Å². The van der Waals surface area contributed by atoms with E-state index in [4.69, 9.17) is 0 Å². The van der Waals surface area contributed by atoms with Gasteiger partial charge in [-0.2, -0.15) is 0 Å². The van der Waals surface area contributed by atoms with Crippen LogP contribution in [0, 0.1) is 5.82 Å². The molecule has 2 rings (SSSR count). The molecular weight excluding hydrogens is 309 g/mol. The molecule has 0 fully saturated rings. The van der Waals surface area contributed by atoms with Crippen LogP contribution in [0.1, 0.15) is 12.0 Å². The summed E-state index contributed by atoms with van der Waals surface area (Å²) in [5.74, 6) is 0.352. The van der Waals surface area contributed by atoms with Gasteiger partial charge in [-0.05, 0) is 24.1 Å². The van der Waals surface area contributed by atoms with Gasteiger partial charge in [-0.15, -0.1) is 16.8 Å². The molecule has 0 saturated heterocycles. The van der Waals surface area contributed by atoms with Crippen molar-refractivity contribution in [3.63, 3.8) is 0 Å². The molecule has 21 heavy (non-hydrogen) atoms. The van der Waals surface area contributed by atoms with Gasteiger partial charge in [0.1, 0.15) is 5.82 Å². The molecule has 0 aliphatic rings. The summed E-state index contributed by atoms with van der Waals surface area (Å²) in [7, 11) is 0. The summed E-state index contributed by atoms with van der Waals surface area (Å²) in [6, 6.07) is 6.14. The number of thioether (sulfide) groups is 1. The molecule has 2 aromatic rings. The molecule has 0 spiro atoms. The third-order valence-electron chi connectivity index (χ3n) is 2.53. The summed E-state index contributed by atoms with van der Waals surface area (Å²) in [4.78, 5) is 11.8. The van der Waals surface area contributed by atoms with Crippen molar-refractivity contribution in [1.29, 1.82) is 0 Å². The monoisotopic (exact) mass is 323 g/mol. The second kappa shape index (κ2) is 7.90. The Bertz CT molecular complexity index is 613. The lowest BCUT2D eigenvalue weighted by molar-refractivity contribution is -0.116. The summed E-state index contributed by atoms with van der Waals surface area (Å²) in [5.41, 5.74) is 0.922. The number of carbonyl (C=O) groups is 1. The van der Waals surface area contributed by atoms with Crippen molar-refractivity contribution in [1.82, 2.24) is 10.2 Å². The molecule has 1 amide bonds. The Balaban J connectivity index is 1.80. The number of carbonyl (C=O) groups excluding carboxylic acids is 1. The molecule has 0 bridgehead atoms. The van der Waals surface area contributed by atoms with Crippen LogP contribution < -0.4 is 5.32 Å². The van der Waals surface area contributed by atoms with E-state index in [2.05, 4.69) is 22.1 Å². The summed E-state index contributed by atoms with van der Waals surface area (Å²) < 4.78 is 13.6. The van der Waals surface area contributed by atoms with Gasteiger partial charge >= 0.3 is 0 Å². The van der Waals surface area contributed by atoms with Crippen molar-refractivity contribution in [2.45, 2.75) is 17.2 Å². The molecule has 4 nitrogen and oxygen atoms in total. The highest BCUT2D eigenvalue weighted by atomic mass is 32.2. The first-order chi connectivity index (χ1) is 10.2. The minimum atomic E-state index is -0.276. The average molecular weight is 323 g/mol. The largest absolute Gasteiger partial charge is 0.300 e. The van der Waals surface area contributed by atoms with E-state index >= 15 is 0 Å². The molecule has 1 aromatic heterocycles. The van der Waals surface area contributed by atoms with E-state index in [-0.39, 0.29) is 11.7 Å². The number of hydrogen-bond acceptors (Lipinski definition) is 5. The number of nitrogens with one attached hydrogen (secondary N) is 1. The molecule has 0 aliphatic carbocycles. The molecule has 0 aliphatic heterocycles. The summed E-state index contributed by atoms with van der Waals surface area (Å²) in [6.45, 7) is 3.63. The fourth-order valence-electron chi connectivity index (χ4n) is 1.54. The Morgan fingerprint density at radius 2 is 2.14 bits per heavy atom. The second-order valence-electron chi connectivity index (χ2n) is 4.15. The molecule has 0 radical (unpaired) electrons. The summed E-state index contributed by atoms with van der Waals surface area (Å²) in [5, 5.41) is 11.1. The van der Waals surface area contributed by atoms with Crippen molar-refractivity contribution in [3.05, 3.63) is 48.3 Å². The van der Waals surface area contributed by atoms with Gasteiger partial charge in [-0.3, -0.25) is 4.79 Å². The van der Waals surface area contributed by atoms with Gasteiger partial charge in [-0.25, -0.2) is 4.39 Å². The highest BCUT2D eigenvalue weighted by Gasteiger charge is 2.08. The third kappa shape index (κ3) is 5.28. The number of aryl methyl sites for hydroxylation is 1. The lowest BCUT2D eigenvalue weighted by atomic mass is 10.1. The summed E-state index contributed by atoms with van der Waals surface area (Å²) in [6.07, 6.45) is 2.66. The number of aromatic nitrogens is 2. The second-order valence-corrected chi connectivity index (χ2v) is 6.39. The Morgan fingerprint density at radius 1 is 1.38 bits per heavy atom. The van der Waals surface area contributed by atoms with Gasteiger partial charge < -0.3 is 5.32 Å². The smallest absolute Gasteiger partial charge is 0.226 e. The zero-order valence-corrected chi connectivity index (χ0v) is 12.8. The van der Waals surface area contributed by atoms with E-state index in [9.17, 15) is 9.18 Å². The maximum atomic E-state index is 12.8. The van der Waals surface area contributed by atoms with Crippen molar-refractivity contribution in [2.24, 2.45) is 0 Å². The Kier molecular flexibility index (Phi) is 5.89. The van der Waals surface area contributed by atoms with E-state index < -0.39 is 0 Å². The van der Waals surface area contributed by atoms with Gasteiger partial charge in [0.25, 0.3) is 0 Å². The number of rotatable bonds is 7. The zero-order valence-electron chi connectivity index (χ0n) is 11.2. The van der Waals surface area contributed by atoms with Crippen LogP contribution in [-0.4, -0.2) is 21.9 Å². The molecule has 0 atom stereocenters. The van der Waals surface area contributed by atoms with Gasteiger partial charge in [0.15, 0.2) is 4.34 Å². The fraction of sp³-hybridized carbons (Fsp3) is 0.214. The van der Waals surface area contributed by atoms with Gasteiger partial charge in [0.05, 0.1) is 0 Å². The first-order valence-electron chi connectivity index (χ1n) is 6.29. The average Bonchev–Trinajstić information content (AvgIpc) is 2.92. The standard InChI is InChI=1S/C14H14FN3OS2/c1-2-9-20-14-18-17-13(21-14)16-12(19)8-5-10-3-6-11(15)7-4-10/h2-4,6-7H,1,5,8-9H2,(H,16,17,19). The van der Waals surface area contributed by atoms with Crippen LogP contribution in [0.3, 0.4) is 0 Å². The number of halogens is 1. The topological polar surface area (TPSA) is 54.9 Å². The molecule has 7 heteroatoms. The van der Waals surface area contributed by atoms with E-state index in [0.29, 0.717) is 18.0 Å². The van der Waals surface area contributed by atoms with Crippen molar-refractivity contribution < 1.29 is 9.18 Å². The van der Waals surface area contributed by atoms with Crippen LogP contribution in [0.5, 0.6) is 0 Å². The van der Waals surface area contributed by atoms with Crippen LogP contribution in [0.4, 0.5) is 9.52 Å². The first-order valence-corrected chi connectivity index (χ1v) is 8.09. The molecule has 0 saturated carbocycles. The fourth-order valence-corrected chi connectivity index (χ4v) is 3.07.